The summed E-state index contributed by atoms with van der Waals surface area (Å²) in [6.45, 7) is 9.39. The normalized spacial score (nSPS) is 21.1. The second-order valence-electron chi connectivity index (χ2n) is 15.5. The Bertz CT molecular complexity index is 2350. The molecule has 49 heavy (non-hydrogen) atoms. The standard InChI is InChI=1S/C48H43N/c1-30-39-13-6-5-10-31(39)19-22-40(30)34-11-9-12-35(26-34)44-29-43(32-15-17-33(18-16-32)45-14-7-8-25-49-45)41-23-20-36-27-38(48(2,3)4)28-37-21-24-42(44)47(41)46(36)37/h5-15,17-19,21-22,24-30,32,39H,16,20,23H2,1-4H3/t30-,32?,39?/m1/s1. The van der Waals surface area contributed by atoms with E-state index >= 15 is 0 Å². The molecule has 2 unspecified atom stereocenters. The maximum atomic E-state index is 4.63. The third-order valence-electron chi connectivity index (χ3n) is 11.5. The Morgan fingerprint density at radius 3 is 2.49 bits per heavy atom. The lowest BCUT2D eigenvalue weighted by Crippen LogP contribution is -2.17. The van der Waals surface area contributed by atoms with Crippen LogP contribution in [0.5, 0.6) is 0 Å². The number of hydrogen-bond acceptors (Lipinski definition) is 1. The maximum absolute atomic E-state index is 4.63. The van der Waals surface area contributed by atoms with Crippen molar-refractivity contribution in [1.29, 1.82) is 0 Å². The van der Waals surface area contributed by atoms with Gasteiger partial charge in [-0.25, -0.2) is 0 Å². The molecule has 0 radical (unpaired) electrons. The highest BCUT2D eigenvalue weighted by molar-refractivity contribution is 6.16. The van der Waals surface area contributed by atoms with Gasteiger partial charge >= 0.3 is 0 Å². The Balaban J connectivity index is 1.23. The van der Waals surface area contributed by atoms with E-state index in [1.165, 1.54) is 71.6 Å². The summed E-state index contributed by atoms with van der Waals surface area (Å²) in [5.41, 5.74) is 15.1. The van der Waals surface area contributed by atoms with E-state index < -0.39 is 0 Å². The summed E-state index contributed by atoms with van der Waals surface area (Å²) >= 11 is 0. The van der Waals surface area contributed by atoms with Crippen molar-refractivity contribution in [2.24, 2.45) is 11.8 Å². The molecule has 1 heterocycles. The van der Waals surface area contributed by atoms with Crippen molar-refractivity contribution in [2.75, 3.05) is 0 Å². The van der Waals surface area contributed by atoms with Gasteiger partial charge in [0.15, 0.2) is 0 Å². The van der Waals surface area contributed by atoms with Crippen LogP contribution in [0.3, 0.4) is 0 Å². The highest BCUT2D eigenvalue weighted by Gasteiger charge is 2.28. The van der Waals surface area contributed by atoms with Crippen LogP contribution in [-0.2, 0) is 18.3 Å². The molecule has 0 N–H and O–H groups in total. The summed E-state index contributed by atoms with van der Waals surface area (Å²) in [6, 6.07) is 27.9. The average molecular weight is 634 g/mol. The molecule has 0 saturated heterocycles. The van der Waals surface area contributed by atoms with E-state index in [0.29, 0.717) is 17.8 Å². The first kappa shape index (κ1) is 30.1. The first-order valence-corrected chi connectivity index (χ1v) is 18.1. The van der Waals surface area contributed by atoms with Gasteiger partial charge in [0.2, 0.25) is 0 Å². The summed E-state index contributed by atoms with van der Waals surface area (Å²) in [5.74, 6) is 1.19. The highest BCUT2D eigenvalue weighted by Crippen LogP contribution is 2.47. The summed E-state index contributed by atoms with van der Waals surface area (Å²) in [5, 5.41) is 5.70. The van der Waals surface area contributed by atoms with Crippen LogP contribution in [0, 0.1) is 11.8 Å². The van der Waals surface area contributed by atoms with E-state index in [9.17, 15) is 0 Å². The number of aromatic nitrogens is 1. The minimum atomic E-state index is 0.114. The second-order valence-corrected chi connectivity index (χ2v) is 15.5. The van der Waals surface area contributed by atoms with Gasteiger partial charge in [-0.05, 0) is 132 Å². The van der Waals surface area contributed by atoms with E-state index in [-0.39, 0.29) is 5.41 Å². The van der Waals surface area contributed by atoms with E-state index in [0.717, 1.165) is 25.0 Å². The Morgan fingerprint density at radius 1 is 0.776 bits per heavy atom. The van der Waals surface area contributed by atoms with Gasteiger partial charge in [0.05, 0.1) is 5.69 Å². The van der Waals surface area contributed by atoms with Crippen molar-refractivity contribution in [3.63, 3.8) is 0 Å². The molecule has 1 aromatic heterocycles. The maximum Gasteiger partial charge on any atom is 0.0698 e. The summed E-state index contributed by atoms with van der Waals surface area (Å²) in [6.07, 6.45) is 25.8. The largest absolute Gasteiger partial charge is 0.256 e. The fourth-order valence-electron chi connectivity index (χ4n) is 8.81. The molecule has 0 aliphatic heterocycles. The number of hydrogen-bond donors (Lipinski definition) is 0. The van der Waals surface area contributed by atoms with Crippen molar-refractivity contribution in [3.8, 4) is 11.1 Å². The molecule has 4 aliphatic rings. The number of allylic oxidation sites excluding steroid dienone is 12. The van der Waals surface area contributed by atoms with Gasteiger partial charge in [-0.15, -0.1) is 0 Å². The van der Waals surface area contributed by atoms with Crippen molar-refractivity contribution >= 4 is 32.7 Å². The van der Waals surface area contributed by atoms with Crippen LogP contribution in [0.15, 0.2) is 139 Å². The van der Waals surface area contributed by atoms with Crippen molar-refractivity contribution < 1.29 is 0 Å². The first-order chi connectivity index (χ1) is 23.8. The van der Waals surface area contributed by atoms with E-state index in [1.54, 1.807) is 5.56 Å². The Kier molecular flexibility index (Phi) is 7.09. The molecule has 1 heteroatoms. The molecule has 4 aromatic carbocycles. The molecule has 0 spiro atoms. The molecule has 1 nitrogen and oxygen atoms in total. The molecule has 9 rings (SSSR count). The van der Waals surface area contributed by atoms with Gasteiger partial charge in [0.1, 0.15) is 0 Å². The van der Waals surface area contributed by atoms with Gasteiger partial charge in [-0.2, -0.15) is 0 Å². The minimum Gasteiger partial charge on any atom is -0.256 e. The van der Waals surface area contributed by atoms with Crippen LogP contribution in [0.4, 0.5) is 0 Å². The van der Waals surface area contributed by atoms with E-state index in [2.05, 4.69) is 154 Å². The molecular formula is C48H43N. The zero-order valence-corrected chi connectivity index (χ0v) is 29.0. The number of benzene rings is 4. The number of aryl methyl sites for hydroxylation is 2. The predicted octanol–water partition coefficient (Wildman–Crippen LogP) is 12.3. The predicted molar refractivity (Wildman–Crippen MR) is 209 cm³/mol. The number of nitrogens with zero attached hydrogens (tertiary/aromatic N) is 1. The smallest absolute Gasteiger partial charge is 0.0698 e. The third-order valence-corrected chi connectivity index (χ3v) is 11.5. The monoisotopic (exact) mass is 633 g/mol. The number of fused-ring (bicyclic) bond motifs is 1. The van der Waals surface area contributed by atoms with E-state index in [1.807, 2.05) is 12.3 Å². The summed E-state index contributed by atoms with van der Waals surface area (Å²) in [4.78, 5) is 4.63. The molecule has 4 aliphatic carbocycles. The fourth-order valence-corrected chi connectivity index (χ4v) is 8.81. The van der Waals surface area contributed by atoms with Gasteiger partial charge in [-0.3, -0.25) is 4.98 Å². The average Bonchev–Trinajstić information content (AvgIpc) is 3.14. The zero-order chi connectivity index (χ0) is 33.3. The molecule has 0 saturated carbocycles. The molecular weight excluding hydrogens is 591 g/mol. The van der Waals surface area contributed by atoms with Crippen LogP contribution in [0.25, 0.3) is 43.8 Å². The zero-order valence-electron chi connectivity index (χ0n) is 29.0. The van der Waals surface area contributed by atoms with Gasteiger partial charge in [0, 0.05) is 18.0 Å². The lowest BCUT2D eigenvalue weighted by atomic mass is 9.74. The van der Waals surface area contributed by atoms with Gasteiger partial charge < -0.3 is 0 Å². The molecule has 3 atom stereocenters. The van der Waals surface area contributed by atoms with Crippen molar-refractivity contribution in [3.05, 3.63) is 173 Å². The number of pyridine rings is 1. The summed E-state index contributed by atoms with van der Waals surface area (Å²) < 4.78 is 0. The van der Waals surface area contributed by atoms with Crippen molar-refractivity contribution in [1.82, 2.24) is 4.98 Å². The summed E-state index contributed by atoms with van der Waals surface area (Å²) in [7, 11) is 0. The lowest BCUT2D eigenvalue weighted by molar-refractivity contribution is 0.590. The fraction of sp³-hybridized carbons (Fsp3) is 0.229. The molecule has 0 bridgehead atoms. The SMILES string of the molecule is C[C@H]1C(c2cccc(-c3cc(C4C=CC(c5ccccn5)=CC4)c4c5c3ccc3cc(C(C)(C)C)cc(c35)CC4)c2)=CC=C2C=CC=CC21. The van der Waals surface area contributed by atoms with Gasteiger partial charge in [-0.1, -0.05) is 131 Å². The first-order valence-electron chi connectivity index (χ1n) is 18.1. The second kappa shape index (κ2) is 11.6. The molecule has 5 aromatic rings. The van der Waals surface area contributed by atoms with Crippen LogP contribution in [0.1, 0.15) is 73.5 Å². The molecule has 240 valence electrons. The Labute approximate surface area is 290 Å². The van der Waals surface area contributed by atoms with Crippen LogP contribution in [-0.4, -0.2) is 4.98 Å². The van der Waals surface area contributed by atoms with E-state index in [4.69, 9.17) is 0 Å². The Hall–Kier alpha value is -5.01. The Morgan fingerprint density at radius 2 is 1.67 bits per heavy atom. The lowest BCUT2D eigenvalue weighted by Gasteiger charge is -2.30. The molecule has 0 fully saturated rings. The minimum absolute atomic E-state index is 0.114. The van der Waals surface area contributed by atoms with Gasteiger partial charge in [0.25, 0.3) is 0 Å². The van der Waals surface area contributed by atoms with Crippen LogP contribution >= 0.6 is 0 Å². The molecule has 0 amide bonds. The number of rotatable bonds is 4. The highest BCUT2D eigenvalue weighted by atomic mass is 14.7. The van der Waals surface area contributed by atoms with Crippen molar-refractivity contribution in [2.45, 2.75) is 58.3 Å². The topological polar surface area (TPSA) is 12.9 Å². The van der Waals surface area contributed by atoms with Crippen LogP contribution < -0.4 is 0 Å². The third kappa shape index (κ3) is 5.10. The van der Waals surface area contributed by atoms with Crippen LogP contribution in [0.2, 0.25) is 0 Å². The quantitative estimate of drug-likeness (QED) is 0.179.